The molecule has 29 heavy (non-hydrogen) atoms. The third kappa shape index (κ3) is 7.05. The van der Waals surface area contributed by atoms with Crippen LogP contribution in [0, 0.1) is 5.82 Å². The van der Waals surface area contributed by atoms with E-state index >= 15 is 0 Å². The van der Waals surface area contributed by atoms with Gasteiger partial charge in [0.15, 0.2) is 0 Å². The van der Waals surface area contributed by atoms with Crippen molar-refractivity contribution < 1.29 is 14.0 Å². The summed E-state index contributed by atoms with van der Waals surface area (Å²) in [4.78, 5) is 26.9. The van der Waals surface area contributed by atoms with E-state index in [1.807, 2.05) is 38.1 Å². The fraction of sp³-hybridized carbons (Fsp3) is 0.364. The highest BCUT2D eigenvalue weighted by Gasteiger charge is 2.27. The largest absolute Gasteiger partial charge is 0.352 e. The minimum absolute atomic E-state index is 0.0326. The highest BCUT2D eigenvalue weighted by atomic mass is 35.5. The molecule has 0 aromatic heterocycles. The Morgan fingerprint density at radius 2 is 1.69 bits per heavy atom. The summed E-state index contributed by atoms with van der Waals surface area (Å²) < 4.78 is 14.1. The fourth-order valence-corrected chi connectivity index (χ4v) is 3.94. The molecule has 2 aromatic carbocycles. The number of nitrogens with zero attached hydrogens (tertiary/aromatic N) is 1. The summed E-state index contributed by atoms with van der Waals surface area (Å²) in [7, 11) is 0. The minimum atomic E-state index is -0.717. The van der Waals surface area contributed by atoms with Gasteiger partial charge in [-0.2, -0.15) is 0 Å². The SMILES string of the molecule is CC(C)NC(=O)[C@@H](C)N(Cc1ccccc1F)C(=O)CSCc1ccccc1Cl. The van der Waals surface area contributed by atoms with Gasteiger partial charge in [-0.05, 0) is 38.5 Å². The first-order valence-electron chi connectivity index (χ1n) is 9.44. The molecule has 1 atom stereocenters. The van der Waals surface area contributed by atoms with E-state index in [0.29, 0.717) is 16.3 Å². The molecule has 7 heteroatoms. The minimum Gasteiger partial charge on any atom is -0.352 e. The van der Waals surface area contributed by atoms with Gasteiger partial charge in [-0.25, -0.2) is 4.39 Å². The van der Waals surface area contributed by atoms with Crippen LogP contribution < -0.4 is 5.32 Å². The maximum Gasteiger partial charge on any atom is 0.242 e. The van der Waals surface area contributed by atoms with Gasteiger partial charge in [0, 0.05) is 28.9 Å². The van der Waals surface area contributed by atoms with Crippen LogP contribution in [0.3, 0.4) is 0 Å². The number of rotatable bonds is 9. The zero-order valence-electron chi connectivity index (χ0n) is 16.8. The van der Waals surface area contributed by atoms with Crippen molar-refractivity contribution in [1.29, 1.82) is 0 Å². The molecule has 0 spiro atoms. The molecule has 1 N–H and O–H groups in total. The predicted molar refractivity (Wildman–Crippen MR) is 117 cm³/mol. The Balaban J connectivity index is 2.10. The Morgan fingerprint density at radius 1 is 1.07 bits per heavy atom. The first-order chi connectivity index (χ1) is 13.8. The Labute approximate surface area is 180 Å². The zero-order valence-corrected chi connectivity index (χ0v) is 18.4. The number of nitrogens with one attached hydrogen (secondary N) is 1. The molecule has 156 valence electrons. The number of carbonyl (C=O) groups excluding carboxylic acids is 2. The van der Waals surface area contributed by atoms with Crippen molar-refractivity contribution in [2.45, 2.75) is 45.2 Å². The second kappa shape index (κ2) is 11.2. The number of hydrogen-bond donors (Lipinski definition) is 1. The number of halogens is 2. The first kappa shape index (κ1) is 23.2. The van der Waals surface area contributed by atoms with Crippen LogP contribution in [0.15, 0.2) is 48.5 Å². The van der Waals surface area contributed by atoms with Crippen molar-refractivity contribution in [3.8, 4) is 0 Å². The van der Waals surface area contributed by atoms with Crippen molar-refractivity contribution in [3.05, 3.63) is 70.5 Å². The number of hydrogen-bond acceptors (Lipinski definition) is 3. The van der Waals surface area contributed by atoms with E-state index in [-0.39, 0.29) is 30.2 Å². The highest BCUT2D eigenvalue weighted by Crippen LogP contribution is 2.22. The molecule has 0 saturated heterocycles. The van der Waals surface area contributed by atoms with Gasteiger partial charge in [0.25, 0.3) is 0 Å². The molecule has 0 radical (unpaired) electrons. The van der Waals surface area contributed by atoms with E-state index in [2.05, 4.69) is 5.32 Å². The molecule has 0 unspecified atom stereocenters. The van der Waals surface area contributed by atoms with Crippen LogP contribution in [0.5, 0.6) is 0 Å². The summed E-state index contributed by atoms with van der Waals surface area (Å²) in [6.45, 7) is 5.40. The van der Waals surface area contributed by atoms with Crippen LogP contribution in [0.25, 0.3) is 0 Å². The van der Waals surface area contributed by atoms with Crippen LogP contribution in [0.2, 0.25) is 5.02 Å². The number of amides is 2. The summed E-state index contributed by atoms with van der Waals surface area (Å²) in [5.74, 6) is -0.146. The van der Waals surface area contributed by atoms with Gasteiger partial charge < -0.3 is 10.2 Å². The van der Waals surface area contributed by atoms with Crippen molar-refractivity contribution in [1.82, 2.24) is 10.2 Å². The number of thioether (sulfide) groups is 1. The summed E-state index contributed by atoms with van der Waals surface area (Å²) in [6, 6.07) is 13.0. The van der Waals surface area contributed by atoms with E-state index in [9.17, 15) is 14.0 Å². The normalized spacial score (nSPS) is 11.9. The highest BCUT2D eigenvalue weighted by molar-refractivity contribution is 7.99. The van der Waals surface area contributed by atoms with E-state index in [4.69, 9.17) is 11.6 Å². The lowest BCUT2D eigenvalue weighted by Gasteiger charge is -2.29. The van der Waals surface area contributed by atoms with Gasteiger partial charge in [0.05, 0.1) is 5.75 Å². The van der Waals surface area contributed by atoms with Gasteiger partial charge >= 0.3 is 0 Å². The van der Waals surface area contributed by atoms with E-state index in [1.54, 1.807) is 25.1 Å². The molecule has 0 fully saturated rings. The van der Waals surface area contributed by atoms with E-state index in [1.165, 1.54) is 22.7 Å². The Morgan fingerprint density at radius 3 is 2.31 bits per heavy atom. The van der Waals surface area contributed by atoms with Crippen molar-refractivity contribution in [3.63, 3.8) is 0 Å². The molecule has 2 amide bonds. The molecule has 2 aromatic rings. The molecule has 2 rings (SSSR count). The maximum atomic E-state index is 14.1. The third-order valence-corrected chi connectivity index (χ3v) is 5.67. The monoisotopic (exact) mass is 436 g/mol. The Bertz CT molecular complexity index is 847. The molecular formula is C22H26ClFN2O2S. The number of benzene rings is 2. The van der Waals surface area contributed by atoms with Crippen molar-refractivity contribution in [2.24, 2.45) is 0 Å². The van der Waals surface area contributed by atoms with Crippen molar-refractivity contribution in [2.75, 3.05) is 5.75 Å². The first-order valence-corrected chi connectivity index (χ1v) is 11.0. The fourth-order valence-electron chi connectivity index (χ4n) is 2.74. The molecule has 0 aliphatic heterocycles. The molecule has 0 aliphatic carbocycles. The zero-order chi connectivity index (χ0) is 21.4. The summed E-state index contributed by atoms with van der Waals surface area (Å²) >= 11 is 7.58. The second-order valence-electron chi connectivity index (χ2n) is 7.04. The average Bonchev–Trinajstić information content (AvgIpc) is 2.67. The lowest BCUT2D eigenvalue weighted by Crippen LogP contribution is -2.49. The molecular weight excluding hydrogens is 411 g/mol. The Hall–Kier alpha value is -2.05. The van der Waals surface area contributed by atoms with Gasteiger partial charge in [-0.3, -0.25) is 9.59 Å². The molecule has 0 aliphatic rings. The topological polar surface area (TPSA) is 49.4 Å². The summed E-state index contributed by atoms with van der Waals surface area (Å²) in [5, 5.41) is 3.47. The van der Waals surface area contributed by atoms with Crippen LogP contribution in [-0.2, 0) is 21.9 Å². The van der Waals surface area contributed by atoms with Gasteiger partial charge in [0.2, 0.25) is 11.8 Å². The molecule has 0 heterocycles. The molecule has 0 saturated carbocycles. The third-order valence-electron chi connectivity index (χ3n) is 4.34. The Kier molecular flexibility index (Phi) is 8.99. The van der Waals surface area contributed by atoms with Gasteiger partial charge in [-0.15, -0.1) is 11.8 Å². The van der Waals surface area contributed by atoms with Crippen LogP contribution >= 0.6 is 23.4 Å². The average molecular weight is 437 g/mol. The predicted octanol–water partition coefficient (Wildman–Crippen LogP) is 4.65. The van der Waals surface area contributed by atoms with Crippen LogP contribution in [0.4, 0.5) is 4.39 Å². The van der Waals surface area contributed by atoms with Gasteiger partial charge in [-0.1, -0.05) is 48.0 Å². The second-order valence-corrected chi connectivity index (χ2v) is 8.43. The number of carbonyl (C=O) groups is 2. The van der Waals surface area contributed by atoms with Gasteiger partial charge in [0.1, 0.15) is 11.9 Å². The van der Waals surface area contributed by atoms with E-state index in [0.717, 1.165) is 5.56 Å². The quantitative estimate of drug-likeness (QED) is 0.622. The maximum absolute atomic E-state index is 14.1. The van der Waals surface area contributed by atoms with Crippen molar-refractivity contribution >= 4 is 35.2 Å². The lowest BCUT2D eigenvalue weighted by molar-refractivity contribution is -0.138. The lowest BCUT2D eigenvalue weighted by atomic mass is 10.1. The van der Waals surface area contributed by atoms with Crippen LogP contribution in [-0.4, -0.2) is 34.6 Å². The molecule has 0 bridgehead atoms. The summed E-state index contributed by atoms with van der Waals surface area (Å²) in [5.41, 5.74) is 1.32. The van der Waals surface area contributed by atoms with E-state index < -0.39 is 11.9 Å². The smallest absolute Gasteiger partial charge is 0.242 e. The van der Waals surface area contributed by atoms with Crippen LogP contribution in [0.1, 0.15) is 31.9 Å². The summed E-state index contributed by atoms with van der Waals surface area (Å²) in [6.07, 6.45) is 0. The standard InChI is InChI=1S/C22H26ClFN2O2S/c1-15(2)25-22(28)16(3)26(12-17-8-5-7-11-20(17)24)21(27)14-29-13-18-9-4-6-10-19(18)23/h4-11,15-16H,12-14H2,1-3H3,(H,25,28)/t16-/m1/s1. The molecule has 4 nitrogen and oxygen atoms in total.